The predicted molar refractivity (Wildman–Crippen MR) is 94.4 cm³/mol. The average molecular weight is 359 g/mol. The number of imide groups is 1. The Hall–Kier alpha value is -2.37. The molecule has 140 valence electrons. The molecule has 0 N–H and O–H groups in total. The van der Waals surface area contributed by atoms with E-state index in [1.165, 1.54) is 0 Å². The van der Waals surface area contributed by atoms with Crippen LogP contribution in [0.15, 0.2) is 24.3 Å². The summed E-state index contributed by atoms with van der Waals surface area (Å²) in [6.07, 6.45) is 3.39. The summed E-state index contributed by atoms with van der Waals surface area (Å²) in [4.78, 5) is 38.4. The number of rotatable bonds is 6. The Bertz CT molecular complexity index is 677. The van der Waals surface area contributed by atoms with E-state index < -0.39 is 12.0 Å². The number of aryl methyl sites for hydroxylation is 1. The standard InChI is InChI=1S/C20H25NO5/c1-13-7-3-6-10-17(13)25-11-12-26-20(24)14(2)21-18(22)15-8-4-5-9-16(15)19(21)23/h3,6-7,10,14-16H,4-5,8-9,11-12H2,1-2H3/t14-,15?,16?/m0/s1. The Morgan fingerprint density at radius 3 is 2.35 bits per heavy atom. The second-order valence-electron chi connectivity index (χ2n) is 7.00. The quantitative estimate of drug-likeness (QED) is 0.443. The third kappa shape index (κ3) is 3.59. The molecule has 1 saturated heterocycles. The lowest BCUT2D eigenvalue weighted by Gasteiger charge is -2.21. The molecule has 26 heavy (non-hydrogen) atoms. The van der Waals surface area contributed by atoms with E-state index in [1.807, 2.05) is 31.2 Å². The molecule has 2 fully saturated rings. The van der Waals surface area contributed by atoms with Crippen LogP contribution in [-0.4, -0.2) is 41.9 Å². The third-order valence-electron chi connectivity index (χ3n) is 5.28. The van der Waals surface area contributed by atoms with Gasteiger partial charge >= 0.3 is 5.97 Å². The van der Waals surface area contributed by atoms with Gasteiger partial charge in [-0.3, -0.25) is 14.5 Å². The van der Waals surface area contributed by atoms with Crippen LogP contribution in [0.25, 0.3) is 0 Å². The van der Waals surface area contributed by atoms with Crippen molar-refractivity contribution in [1.29, 1.82) is 0 Å². The highest BCUT2D eigenvalue weighted by Gasteiger charge is 2.51. The van der Waals surface area contributed by atoms with E-state index in [9.17, 15) is 14.4 Å². The normalized spacial score (nSPS) is 23.5. The lowest BCUT2D eigenvalue weighted by Crippen LogP contribution is -2.44. The summed E-state index contributed by atoms with van der Waals surface area (Å²) < 4.78 is 10.8. The number of amides is 2. The molecule has 1 saturated carbocycles. The Morgan fingerprint density at radius 2 is 1.73 bits per heavy atom. The fourth-order valence-electron chi connectivity index (χ4n) is 3.81. The summed E-state index contributed by atoms with van der Waals surface area (Å²) in [6.45, 7) is 3.78. The van der Waals surface area contributed by atoms with Crippen molar-refractivity contribution in [3.8, 4) is 5.75 Å². The molecule has 0 aromatic heterocycles. The van der Waals surface area contributed by atoms with Crippen LogP contribution in [0.5, 0.6) is 5.75 Å². The number of likely N-dealkylation sites (tertiary alicyclic amines) is 1. The van der Waals surface area contributed by atoms with Crippen molar-refractivity contribution in [3.05, 3.63) is 29.8 Å². The first-order chi connectivity index (χ1) is 12.5. The van der Waals surface area contributed by atoms with Gasteiger partial charge in [-0.15, -0.1) is 0 Å². The van der Waals surface area contributed by atoms with Crippen LogP contribution >= 0.6 is 0 Å². The van der Waals surface area contributed by atoms with Crippen molar-refractivity contribution in [2.24, 2.45) is 11.8 Å². The highest BCUT2D eigenvalue weighted by Crippen LogP contribution is 2.38. The Labute approximate surface area is 153 Å². The lowest BCUT2D eigenvalue weighted by atomic mass is 9.81. The van der Waals surface area contributed by atoms with Gasteiger partial charge in [-0.2, -0.15) is 0 Å². The van der Waals surface area contributed by atoms with E-state index >= 15 is 0 Å². The first kappa shape index (κ1) is 18.4. The molecular weight excluding hydrogens is 334 g/mol. The average Bonchev–Trinajstić information content (AvgIpc) is 2.90. The minimum atomic E-state index is -0.890. The van der Waals surface area contributed by atoms with Crippen molar-refractivity contribution in [2.75, 3.05) is 13.2 Å². The van der Waals surface area contributed by atoms with E-state index in [-0.39, 0.29) is 36.9 Å². The van der Waals surface area contributed by atoms with Gasteiger partial charge in [-0.1, -0.05) is 31.0 Å². The minimum Gasteiger partial charge on any atom is -0.490 e. The molecule has 0 spiro atoms. The molecule has 6 heteroatoms. The first-order valence-electron chi connectivity index (χ1n) is 9.22. The van der Waals surface area contributed by atoms with Crippen LogP contribution in [0.3, 0.4) is 0 Å². The molecule has 3 atom stereocenters. The maximum absolute atomic E-state index is 12.5. The minimum absolute atomic E-state index is 0.0700. The van der Waals surface area contributed by atoms with Gasteiger partial charge in [0, 0.05) is 0 Å². The number of hydrogen-bond donors (Lipinski definition) is 0. The van der Waals surface area contributed by atoms with Crippen LogP contribution < -0.4 is 4.74 Å². The van der Waals surface area contributed by atoms with Crippen LogP contribution in [0, 0.1) is 18.8 Å². The Balaban J connectivity index is 1.51. The maximum Gasteiger partial charge on any atom is 0.329 e. The van der Waals surface area contributed by atoms with Gasteiger partial charge in [0.25, 0.3) is 0 Å². The molecule has 1 aliphatic carbocycles. The van der Waals surface area contributed by atoms with Gasteiger partial charge in [-0.05, 0) is 38.3 Å². The lowest BCUT2D eigenvalue weighted by molar-refractivity contribution is -0.158. The largest absolute Gasteiger partial charge is 0.490 e. The summed E-state index contributed by atoms with van der Waals surface area (Å²) in [5, 5.41) is 0. The zero-order valence-electron chi connectivity index (χ0n) is 15.3. The van der Waals surface area contributed by atoms with Gasteiger partial charge < -0.3 is 9.47 Å². The number of carbonyl (C=O) groups excluding carboxylic acids is 3. The number of para-hydroxylation sites is 1. The number of nitrogens with zero attached hydrogens (tertiary/aromatic N) is 1. The summed E-state index contributed by atoms with van der Waals surface area (Å²) >= 11 is 0. The fraction of sp³-hybridized carbons (Fsp3) is 0.550. The monoisotopic (exact) mass is 359 g/mol. The topological polar surface area (TPSA) is 72.9 Å². The smallest absolute Gasteiger partial charge is 0.329 e. The molecular formula is C20H25NO5. The summed E-state index contributed by atoms with van der Waals surface area (Å²) in [5.74, 6) is -0.781. The van der Waals surface area contributed by atoms with Gasteiger partial charge in [-0.25, -0.2) is 4.79 Å². The zero-order valence-corrected chi connectivity index (χ0v) is 15.3. The van der Waals surface area contributed by atoms with Crippen LogP contribution in [-0.2, 0) is 19.1 Å². The van der Waals surface area contributed by atoms with Gasteiger partial charge in [0.15, 0.2) is 0 Å². The van der Waals surface area contributed by atoms with E-state index in [4.69, 9.17) is 9.47 Å². The van der Waals surface area contributed by atoms with Gasteiger partial charge in [0.05, 0.1) is 11.8 Å². The number of hydrogen-bond acceptors (Lipinski definition) is 5. The summed E-state index contributed by atoms with van der Waals surface area (Å²) in [5.41, 5.74) is 1.00. The Morgan fingerprint density at radius 1 is 1.12 bits per heavy atom. The predicted octanol–water partition coefficient (Wildman–Crippen LogP) is 2.48. The highest BCUT2D eigenvalue weighted by atomic mass is 16.6. The number of ether oxygens (including phenoxy) is 2. The van der Waals surface area contributed by atoms with Crippen LogP contribution in [0.2, 0.25) is 0 Å². The molecule has 6 nitrogen and oxygen atoms in total. The molecule has 1 aromatic rings. The summed E-state index contributed by atoms with van der Waals surface area (Å²) in [6, 6.07) is 6.70. The zero-order chi connectivity index (χ0) is 18.7. The Kier molecular flexibility index (Phi) is 5.59. The van der Waals surface area contributed by atoms with E-state index in [0.717, 1.165) is 41.9 Å². The van der Waals surface area contributed by atoms with E-state index in [2.05, 4.69) is 0 Å². The van der Waals surface area contributed by atoms with Crippen molar-refractivity contribution in [2.45, 2.75) is 45.6 Å². The number of carbonyl (C=O) groups is 3. The summed E-state index contributed by atoms with van der Waals surface area (Å²) in [7, 11) is 0. The molecule has 1 aromatic carbocycles. The van der Waals surface area contributed by atoms with Crippen LogP contribution in [0.1, 0.15) is 38.2 Å². The van der Waals surface area contributed by atoms with E-state index in [0.29, 0.717) is 0 Å². The molecule has 2 unspecified atom stereocenters. The third-order valence-corrected chi connectivity index (χ3v) is 5.28. The van der Waals surface area contributed by atoms with E-state index in [1.54, 1.807) is 6.92 Å². The SMILES string of the molecule is Cc1ccccc1OCCOC(=O)[C@H](C)N1C(=O)C2CCCCC2C1=O. The number of benzene rings is 1. The maximum atomic E-state index is 12.5. The fourth-order valence-corrected chi connectivity index (χ4v) is 3.81. The van der Waals surface area contributed by atoms with Crippen molar-refractivity contribution < 1.29 is 23.9 Å². The van der Waals surface area contributed by atoms with Crippen molar-refractivity contribution >= 4 is 17.8 Å². The molecule has 0 radical (unpaired) electrons. The first-order valence-corrected chi connectivity index (χ1v) is 9.22. The molecule has 2 aliphatic rings. The molecule has 1 aliphatic heterocycles. The van der Waals surface area contributed by atoms with Gasteiger partial charge in [0.1, 0.15) is 25.0 Å². The van der Waals surface area contributed by atoms with Crippen LogP contribution in [0.4, 0.5) is 0 Å². The molecule has 1 heterocycles. The molecule has 3 rings (SSSR count). The highest BCUT2D eigenvalue weighted by molar-refractivity contribution is 6.07. The number of fused-ring (bicyclic) bond motifs is 1. The van der Waals surface area contributed by atoms with Crippen molar-refractivity contribution in [1.82, 2.24) is 4.90 Å². The van der Waals surface area contributed by atoms with Gasteiger partial charge in [0.2, 0.25) is 11.8 Å². The molecule has 2 amide bonds. The second kappa shape index (κ2) is 7.89. The number of esters is 1. The molecule has 0 bridgehead atoms. The van der Waals surface area contributed by atoms with Crippen molar-refractivity contribution in [3.63, 3.8) is 0 Å². The second-order valence-corrected chi connectivity index (χ2v) is 7.00.